The standard InChI is InChI=1S/C17H26N2O/c1-4-7-14-8-5-6-11-19(14)17(20)15-10-9-13(2)12-16(15)18-3/h9-10,12,14,18H,4-8,11H2,1-3H3. The van der Waals surface area contributed by atoms with Crippen molar-refractivity contribution in [3.63, 3.8) is 0 Å². The van der Waals surface area contributed by atoms with E-state index in [1.807, 2.05) is 25.2 Å². The van der Waals surface area contributed by atoms with Gasteiger partial charge in [-0.25, -0.2) is 0 Å². The Bertz CT molecular complexity index is 468. The van der Waals surface area contributed by atoms with Gasteiger partial charge < -0.3 is 10.2 Å². The molecule has 1 aromatic carbocycles. The summed E-state index contributed by atoms with van der Waals surface area (Å²) in [6.07, 6.45) is 5.79. The normalized spacial score (nSPS) is 18.9. The van der Waals surface area contributed by atoms with E-state index in [2.05, 4.69) is 24.1 Å². The number of nitrogens with one attached hydrogen (secondary N) is 1. The highest BCUT2D eigenvalue weighted by Crippen LogP contribution is 2.26. The van der Waals surface area contributed by atoms with Crippen LogP contribution in [0.2, 0.25) is 0 Å². The SMILES string of the molecule is CCCC1CCCCN1C(=O)c1ccc(C)cc1NC. The third kappa shape index (κ3) is 3.14. The molecule has 1 aliphatic heterocycles. The largest absolute Gasteiger partial charge is 0.387 e. The zero-order chi connectivity index (χ0) is 14.5. The lowest BCUT2D eigenvalue weighted by atomic mass is 9.96. The van der Waals surface area contributed by atoms with Crippen molar-refractivity contribution in [2.24, 2.45) is 0 Å². The Hall–Kier alpha value is -1.51. The highest BCUT2D eigenvalue weighted by Gasteiger charge is 2.27. The molecule has 1 amide bonds. The maximum Gasteiger partial charge on any atom is 0.256 e. The molecule has 0 aromatic heterocycles. The van der Waals surface area contributed by atoms with E-state index in [0.717, 1.165) is 43.5 Å². The summed E-state index contributed by atoms with van der Waals surface area (Å²) in [4.78, 5) is 15.0. The molecule has 110 valence electrons. The third-order valence-corrected chi connectivity index (χ3v) is 4.18. The van der Waals surface area contributed by atoms with Gasteiger partial charge in [-0.05, 0) is 50.3 Å². The second-order valence-corrected chi connectivity index (χ2v) is 5.74. The van der Waals surface area contributed by atoms with E-state index in [4.69, 9.17) is 0 Å². The Labute approximate surface area is 122 Å². The van der Waals surface area contributed by atoms with Crippen LogP contribution in [-0.4, -0.2) is 30.4 Å². The van der Waals surface area contributed by atoms with Crippen molar-refractivity contribution < 1.29 is 4.79 Å². The molecule has 3 heteroatoms. The summed E-state index contributed by atoms with van der Waals surface area (Å²) in [5, 5.41) is 3.16. The van der Waals surface area contributed by atoms with E-state index in [1.54, 1.807) is 0 Å². The second kappa shape index (κ2) is 6.78. The molecule has 1 heterocycles. The van der Waals surface area contributed by atoms with Gasteiger partial charge in [0, 0.05) is 25.3 Å². The number of benzene rings is 1. The number of amides is 1. The van der Waals surface area contributed by atoms with Crippen LogP contribution in [0.3, 0.4) is 0 Å². The molecule has 0 saturated carbocycles. The molecule has 1 unspecified atom stereocenters. The van der Waals surface area contributed by atoms with Gasteiger partial charge in [0.1, 0.15) is 0 Å². The highest BCUT2D eigenvalue weighted by atomic mass is 16.2. The number of carbonyl (C=O) groups excluding carboxylic acids is 1. The number of rotatable bonds is 4. The number of hydrogen-bond acceptors (Lipinski definition) is 2. The Morgan fingerprint density at radius 2 is 2.20 bits per heavy atom. The Kier molecular flexibility index (Phi) is 5.05. The van der Waals surface area contributed by atoms with Gasteiger partial charge in [0.15, 0.2) is 0 Å². The fraction of sp³-hybridized carbons (Fsp3) is 0.588. The van der Waals surface area contributed by atoms with E-state index >= 15 is 0 Å². The van der Waals surface area contributed by atoms with Crippen LogP contribution in [0.25, 0.3) is 0 Å². The van der Waals surface area contributed by atoms with E-state index in [-0.39, 0.29) is 5.91 Å². The second-order valence-electron chi connectivity index (χ2n) is 5.74. The van der Waals surface area contributed by atoms with Crippen LogP contribution < -0.4 is 5.32 Å². The lowest BCUT2D eigenvalue weighted by Gasteiger charge is -2.36. The van der Waals surface area contributed by atoms with Crippen molar-refractivity contribution in [1.82, 2.24) is 4.90 Å². The first-order valence-corrected chi connectivity index (χ1v) is 7.76. The number of carbonyl (C=O) groups is 1. The lowest BCUT2D eigenvalue weighted by Crippen LogP contribution is -2.43. The van der Waals surface area contributed by atoms with Gasteiger partial charge in [-0.2, -0.15) is 0 Å². The predicted molar refractivity (Wildman–Crippen MR) is 84.3 cm³/mol. The summed E-state index contributed by atoms with van der Waals surface area (Å²) in [5.41, 5.74) is 2.92. The van der Waals surface area contributed by atoms with Gasteiger partial charge in [-0.15, -0.1) is 0 Å². The number of aryl methyl sites for hydroxylation is 1. The first-order valence-electron chi connectivity index (χ1n) is 7.76. The minimum atomic E-state index is 0.188. The summed E-state index contributed by atoms with van der Waals surface area (Å²) in [7, 11) is 1.88. The number of nitrogens with zero attached hydrogens (tertiary/aromatic N) is 1. The van der Waals surface area contributed by atoms with Gasteiger partial charge >= 0.3 is 0 Å². The van der Waals surface area contributed by atoms with Crippen molar-refractivity contribution in [2.75, 3.05) is 18.9 Å². The molecule has 1 atom stereocenters. The molecule has 1 N–H and O–H groups in total. The minimum Gasteiger partial charge on any atom is -0.387 e. The molecule has 0 spiro atoms. The Morgan fingerprint density at radius 1 is 1.40 bits per heavy atom. The lowest BCUT2D eigenvalue weighted by molar-refractivity contribution is 0.0601. The first kappa shape index (κ1) is 14.9. The Balaban J connectivity index is 2.24. The van der Waals surface area contributed by atoms with Crippen molar-refractivity contribution in [3.05, 3.63) is 29.3 Å². The van der Waals surface area contributed by atoms with E-state index in [0.29, 0.717) is 6.04 Å². The summed E-state index contributed by atoms with van der Waals surface area (Å²) in [5.74, 6) is 0.188. The van der Waals surface area contributed by atoms with Crippen LogP contribution >= 0.6 is 0 Å². The predicted octanol–water partition coefficient (Wildman–Crippen LogP) is 3.83. The molecule has 1 fully saturated rings. The molecule has 2 rings (SSSR count). The average molecular weight is 274 g/mol. The zero-order valence-electron chi connectivity index (χ0n) is 12.9. The zero-order valence-corrected chi connectivity index (χ0v) is 12.9. The molecule has 1 aromatic rings. The van der Waals surface area contributed by atoms with Gasteiger partial charge in [-0.1, -0.05) is 19.4 Å². The van der Waals surface area contributed by atoms with Crippen molar-refractivity contribution >= 4 is 11.6 Å². The van der Waals surface area contributed by atoms with Gasteiger partial charge in [-0.3, -0.25) is 4.79 Å². The highest BCUT2D eigenvalue weighted by molar-refractivity contribution is 6.00. The van der Waals surface area contributed by atoms with Crippen LogP contribution in [-0.2, 0) is 0 Å². The number of hydrogen-bond donors (Lipinski definition) is 1. The molecule has 0 radical (unpaired) electrons. The number of likely N-dealkylation sites (tertiary alicyclic amines) is 1. The van der Waals surface area contributed by atoms with E-state index < -0.39 is 0 Å². The van der Waals surface area contributed by atoms with Crippen LogP contribution in [0, 0.1) is 6.92 Å². The molecule has 3 nitrogen and oxygen atoms in total. The van der Waals surface area contributed by atoms with Gasteiger partial charge in [0.2, 0.25) is 0 Å². The summed E-state index contributed by atoms with van der Waals surface area (Å²) in [6, 6.07) is 6.45. The fourth-order valence-corrected chi connectivity index (χ4v) is 3.11. The van der Waals surface area contributed by atoms with Crippen LogP contribution in [0.5, 0.6) is 0 Å². The van der Waals surface area contributed by atoms with Crippen LogP contribution in [0.4, 0.5) is 5.69 Å². The van der Waals surface area contributed by atoms with Crippen LogP contribution in [0.15, 0.2) is 18.2 Å². The number of anilines is 1. The van der Waals surface area contributed by atoms with Crippen molar-refractivity contribution in [3.8, 4) is 0 Å². The van der Waals surface area contributed by atoms with Gasteiger partial charge in [0.25, 0.3) is 5.91 Å². The maximum absolute atomic E-state index is 12.9. The minimum absolute atomic E-state index is 0.188. The molecular weight excluding hydrogens is 248 g/mol. The summed E-state index contributed by atoms with van der Waals surface area (Å²) >= 11 is 0. The topological polar surface area (TPSA) is 32.3 Å². The van der Waals surface area contributed by atoms with Crippen LogP contribution in [0.1, 0.15) is 54.9 Å². The smallest absolute Gasteiger partial charge is 0.256 e. The quantitative estimate of drug-likeness (QED) is 0.905. The van der Waals surface area contributed by atoms with Gasteiger partial charge in [0.05, 0.1) is 5.56 Å². The number of piperidine rings is 1. The molecule has 0 aliphatic carbocycles. The molecule has 0 bridgehead atoms. The maximum atomic E-state index is 12.9. The van der Waals surface area contributed by atoms with E-state index in [9.17, 15) is 4.79 Å². The Morgan fingerprint density at radius 3 is 2.90 bits per heavy atom. The van der Waals surface area contributed by atoms with Crippen molar-refractivity contribution in [1.29, 1.82) is 0 Å². The first-order chi connectivity index (χ1) is 9.67. The fourth-order valence-electron chi connectivity index (χ4n) is 3.11. The van der Waals surface area contributed by atoms with E-state index in [1.165, 1.54) is 12.0 Å². The third-order valence-electron chi connectivity index (χ3n) is 4.18. The average Bonchev–Trinajstić information content (AvgIpc) is 2.47. The molecule has 1 saturated heterocycles. The molecule has 20 heavy (non-hydrogen) atoms. The molecule has 1 aliphatic rings. The van der Waals surface area contributed by atoms with Crippen molar-refractivity contribution in [2.45, 2.75) is 52.0 Å². The summed E-state index contributed by atoms with van der Waals surface area (Å²) in [6.45, 7) is 5.15. The molecular formula is C17H26N2O. The monoisotopic (exact) mass is 274 g/mol. The summed E-state index contributed by atoms with van der Waals surface area (Å²) < 4.78 is 0.